The van der Waals surface area contributed by atoms with Gasteiger partial charge in [-0.05, 0) is 42.3 Å². The first-order chi connectivity index (χ1) is 16.7. The fraction of sp³-hybridized carbons (Fsp3) is 0.182. The van der Waals surface area contributed by atoms with E-state index in [1.54, 1.807) is 24.3 Å². The summed E-state index contributed by atoms with van der Waals surface area (Å²) in [5, 5.41) is 15.6. The molecule has 0 bridgehead atoms. The van der Waals surface area contributed by atoms with Gasteiger partial charge in [-0.3, -0.25) is 9.36 Å². The van der Waals surface area contributed by atoms with E-state index in [1.807, 2.05) is 6.07 Å². The third-order valence-corrected chi connectivity index (χ3v) is 4.99. The molecule has 182 valence electrons. The maximum atomic E-state index is 13.1. The highest BCUT2D eigenvalue weighted by molar-refractivity contribution is 5.81. The number of alkyl halides is 3. The number of aryl methyl sites for hydroxylation is 1. The quantitative estimate of drug-likeness (QED) is 0.172. The van der Waals surface area contributed by atoms with Gasteiger partial charge in [0.15, 0.2) is 11.5 Å². The van der Waals surface area contributed by atoms with Gasteiger partial charge in [-0.15, -0.1) is 0 Å². The number of nitriles is 1. The molecule has 0 amide bonds. The standard InChI is InChI=1S/C22H21F3N8O2/c1-35-18-10-14(22(23,24)25)5-8-17(18)30-20-21(34)33(12-15(11-26)29-20)16-6-2-13(3-7-16)4-9-19(31-27)32-28/h2-3,5-8,10,12H,4,9,27-28H2,1H3,(H,29,30)(H,31,32). The van der Waals surface area contributed by atoms with E-state index in [2.05, 4.69) is 20.8 Å². The summed E-state index contributed by atoms with van der Waals surface area (Å²) in [4.78, 5) is 17.1. The van der Waals surface area contributed by atoms with Crippen molar-refractivity contribution in [1.82, 2.24) is 15.0 Å². The molecule has 0 aliphatic heterocycles. The Morgan fingerprint density at radius 3 is 2.54 bits per heavy atom. The van der Waals surface area contributed by atoms with Gasteiger partial charge >= 0.3 is 6.18 Å². The van der Waals surface area contributed by atoms with Crippen LogP contribution >= 0.6 is 0 Å². The second-order valence-electron chi connectivity index (χ2n) is 7.19. The monoisotopic (exact) mass is 486 g/mol. The lowest BCUT2D eigenvalue weighted by Gasteiger charge is -2.15. The highest BCUT2D eigenvalue weighted by Gasteiger charge is 2.31. The van der Waals surface area contributed by atoms with Crippen molar-refractivity contribution in [2.45, 2.75) is 19.0 Å². The third kappa shape index (κ3) is 5.87. The molecule has 3 rings (SSSR count). The first kappa shape index (κ1) is 25.1. The molecular formula is C22H21F3N8O2. The zero-order valence-corrected chi connectivity index (χ0v) is 18.4. The molecular weight excluding hydrogens is 465 g/mol. The van der Waals surface area contributed by atoms with Crippen molar-refractivity contribution < 1.29 is 17.9 Å². The lowest BCUT2D eigenvalue weighted by Crippen LogP contribution is -2.31. The Kier molecular flexibility index (Phi) is 7.57. The summed E-state index contributed by atoms with van der Waals surface area (Å²) in [6.45, 7) is 0. The second-order valence-corrected chi connectivity index (χ2v) is 7.19. The zero-order valence-electron chi connectivity index (χ0n) is 18.4. The Morgan fingerprint density at radius 1 is 1.26 bits per heavy atom. The highest BCUT2D eigenvalue weighted by Crippen LogP contribution is 2.35. The Balaban J connectivity index is 1.94. The van der Waals surface area contributed by atoms with E-state index < -0.39 is 17.3 Å². The number of aromatic nitrogens is 2. The Bertz CT molecular complexity index is 1330. The van der Waals surface area contributed by atoms with Gasteiger partial charge in [-0.2, -0.15) is 23.5 Å². The van der Waals surface area contributed by atoms with E-state index in [-0.39, 0.29) is 22.9 Å². The average Bonchev–Trinajstić information content (AvgIpc) is 2.85. The van der Waals surface area contributed by atoms with Crippen molar-refractivity contribution >= 4 is 17.3 Å². The van der Waals surface area contributed by atoms with Crippen LogP contribution < -0.4 is 32.7 Å². The molecule has 10 nitrogen and oxygen atoms in total. The molecule has 0 spiro atoms. The van der Waals surface area contributed by atoms with E-state index in [0.29, 0.717) is 24.4 Å². The number of amidine groups is 1. The number of nitrogens with two attached hydrogens (primary N) is 2. The normalized spacial score (nSPS) is 11.6. The van der Waals surface area contributed by atoms with Crippen LogP contribution in [0.1, 0.15) is 23.2 Å². The van der Waals surface area contributed by atoms with Crippen molar-refractivity contribution in [3.05, 3.63) is 75.8 Å². The number of hydrazine groups is 1. The van der Waals surface area contributed by atoms with Crippen LogP contribution in [0.15, 0.2) is 58.6 Å². The molecule has 35 heavy (non-hydrogen) atoms. The van der Waals surface area contributed by atoms with Gasteiger partial charge in [0.05, 0.1) is 18.4 Å². The maximum Gasteiger partial charge on any atom is 0.416 e. The number of nitrogens with zero attached hydrogens (tertiary/aromatic N) is 4. The van der Waals surface area contributed by atoms with Crippen molar-refractivity contribution in [3.63, 3.8) is 0 Å². The summed E-state index contributed by atoms with van der Waals surface area (Å²) in [6, 6.07) is 11.6. The molecule has 0 saturated carbocycles. The third-order valence-electron chi connectivity index (χ3n) is 4.99. The van der Waals surface area contributed by atoms with Crippen LogP contribution in [0.25, 0.3) is 5.69 Å². The number of hydrogen-bond acceptors (Lipinski definition) is 8. The number of methoxy groups -OCH3 is 1. The lowest BCUT2D eigenvalue weighted by atomic mass is 10.1. The van der Waals surface area contributed by atoms with Gasteiger partial charge in [0.25, 0.3) is 5.56 Å². The summed E-state index contributed by atoms with van der Waals surface area (Å²) >= 11 is 0. The number of halogens is 3. The summed E-state index contributed by atoms with van der Waals surface area (Å²) in [5.74, 6) is 10.5. The Morgan fingerprint density at radius 2 is 1.97 bits per heavy atom. The smallest absolute Gasteiger partial charge is 0.416 e. The van der Waals surface area contributed by atoms with E-state index in [0.717, 1.165) is 23.8 Å². The van der Waals surface area contributed by atoms with Gasteiger partial charge in [0.1, 0.15) is 17.7 Å². The van der Waals surface area contributed by atoms with Crippen LogP contribution in [0.2, 0.25) is 0 Å². The lowest BCUT2D eigenvalue weighted by molar-refractivity contribution is -0.137. The van der Waals surface area contributed by atoms with Crippen LogP contribution in [-0.4, -0.2) is 22.5 Å². The Labute approximate surface area is 197 Å². The number of rotatable bonds is 7. The molecule has 1 heterocycles. The summed E-state index contributed by atoms with van der Waals surface area (Å²) < 4.78 is 45.3. The number of nitrogens with one attached hydrogen (secondary N) is 2. The predicted molar refractivity (Wildman–Crippen MR) is 123 cm³/mol. The molecule has 0 aliphatic rings. The maximum absolute atomic E-state index is 13.1. The van der Waals surface area contributed by atoms with E-state index >= 15 is 0 Å². The molecule has 0 unspecified atom stereocenters. The van der Waals surface area contributed by atoms with Crippen molar-refractivity contribution in [1.29, 1.82) is 5.26 Å². The van der Waals surface area contributed by atoms with E-state index in [4.69, 9.17) is 16.4 Å². The summed E-state index contributed by atoms with van der Waals surface area (Å²) in [5.41, 5.74) is 2.22. The number of benzene rings is 2. The molecule has 0 atom stereocenters. The average molecular weight is 486 g/mol. The minimum absolute atomic E-state index is 0.0768. The second kappa shape index (κ2) is 10.6. The Hall–Kier alpha value is -4.57. The van der Waals surface area contributed by atoms with Gasteiger partial charge in [-0.25, -0.2) is 10.8 Å². The SMILES string of the molecule is COc1cc(C(F)(F)F)ccc1Nc1nc(C#N)cn(-c2ccc(CC/C(=N/N)NN)cc2)c1=O. The number of anilines is 2. The van der Waals surface area contributed by atoms with Crippen LogP contribution in [-0.2, 0) is 12.6 Å². The van der Waals surface area contributed by atoms with Gasteiger partial charge in [0.2, 0.25) is 0 Å². The molecule has 0 fully saturated rings. The molecule has 2 aromatic carbocycles. The summed E-state index contributed by atoms with van der Waals surface area (Å²) in [6.07, 6.45) is -2.24. The van der Waals surface area contributed by atoms with Gasteiger partial charge in [0, 0.05) is 18.3 Å². The fourth-order valence-corrected chi connectivity index (χ4v) is 3.18. The molecule has 3 aromatic rings. The molecule has 0 aliphatic carbocycles. The van der Waals surface area contributed by atoms with E-state index in [1.165, 1.54) is 17.9 Å². The zero-order chi connectivity index (χ0) is 25.6. The highest BCUT2D eigenvalue weighted by atomic mass is 19.4. The van der Waals surface area contributed by atoms with Crippen molar-refractivity contribution in [2.75, 3.05) is 12.4 Å². The van der Waals surface area contributed by atoms with Crippen LogP contribution in [0.3, 0.4) is 0 Å². The molecule has 13 heteroatoms. The predicted octanol–water partition coefficient (Wildman–Crippen LogP) is 2.54. The molecule has 0 radical (unpaired) electrons. The fourth-order valence-electron chi connectivity index (χ4n) is 3.18. The minimum atomic E-state index is -4.57. The van der Waals surface area contributed by atoms with Crippen LogP contribution in [0, 0.1) is 11.3 Å². The van der Waals surface area contributed by atoms with E-state index in [9.17, 15) is 23.2 Å². The molecule has 6 N–H and O–H groups in total. The molecule has 1 aromatic heterocycles. The number of hydrazone groups is 1. The first-order valence-corrected chi connectivity index (χ1v) is 10.1. The van der Waals surface area contributed by atoms with Crippen LogP contribution in [0.4, 0.5) is 24.7 Å². The van der Waals surface area contributed by atoms with Crippen LogP contribution in [0.5, 0.6) is 5.75 Å². The largest absolute Gasteiger partial charge is 0.495 e. The number of ether oxygens (including phenoxy) is 1. The number of hydrogen-bond donors (Lipinski definition) is 4. The van der Waals surface area contributed by atoms with Crippen molar-refractivity contribution in [3.8, 4) is 17.5 Å². The van der Waals surface area contributed by atoms with Gasteiger partial charge < -0.3 is 21.3 Å². The van der Waals surface area contributed by atoms with Crippen molar-refractivity contribution in [2.24, 2.45) is 16.8 Å². The molecule has 0 saturated heterocycles. The minimum Gasteiger partial charge on any atom is -0.495 e. The first-order valence-electron chi connectivity index (χ1n) is 10.1. The van der Waals surface area contributed by atoms with Gasteiger partial charge in [-0.1, -0.05) is 12.1 Å². The topological polar surface area (TPSA) is 156 Å². The summed E-state index contributed by atoms with van der Waals surface area (Å²) in [7, 11) is 1.20.